The molecule has 2 rings (SSSR count). The zero-order valence-electron chi connectivity index (χ0n) is 11.8. The minimum absolute atomic E-state index is 0.0866. The van der Waals surface area contributed by atoms with E-state index in [1.165, 1.54) is 11.6 Å². The van der Waals surface area contributed by atoms with E-state index >= 15 is 0 Å². The molecule has 0 aliphatic rings. The smallest absolute Gasteiger partial charge is 0.163 e. The van der Waals surface area contributed by atoms with Gasteiger partial charge in [-0.05, 0) is 30.5 Å². The monoisotopic (exact) mass is 275 g/mol. The fraction of sp³-hybridized carbons (Fsp3) is 0.294. The molecule has 20 heavy (non-hydrogen) atoms. The van der Waals surface area contributed by atoms with Crippen LogP contribution in [0.15, 0.2) is 42.5 Å². The van der Waals surface area contributed by atoms with Gasteiger partial charge < -0.3 is 5.32 Å². The highest BCUT2D eigenvalue weighted by molar-refractivity contribution is 5.25. The summed E-state index contributed by atoms with van der Waals surface area (Å²) in [6.07, 6.45) is 1.01. The molecule has 0 saturated carbocycles. The Balaban J connectivity index is 2.00. The molecule has 0 aliphatic carbocycles. The predicted molar refractivity (Wildman–Crippen MR) is 77.4 cm³/mol. The van der Waals surface area contributed by atoms with E-state index in [2.05, 4.69) is 36.5 Å². The molecule has 1 atom stereocenters. The van der Waals surface area contributed by atoms with E-state index < -0.39 is 11.6 Å². The number of rotatable bonds is 5. The van der Waals surface area contributed by atoms with Crippen LogP contribution in [-0.2, 0) is 13.0 Å². The zero-order valence-corrected chi connectivity index (χ0v) is 11.8. The first-order valence-electron chi connectivity index (χ1n) is 6.87. The molecule has 0 aliphatic heterocycles. The summed E-state index contributed by atoms with van der Waals surface area (Å²) in [5.74, 6) is -1.57. The van der Waals surface area contributed by atoms with Gasteiger partial charge in [0.25, 0.3) is 0 Å². The third kappa shape index (κ3) is 3.42. The normalized spacial score (nSPS) is 12.4. The van der Waals surface area contributed by atoms with Crippen molar-refractivity contribution in [3.05, 3.63) is 70.8 Å². The topological polar surface area (TPSA) is 12.0 Å². The number of halogens is 2. The Hall–Kier alpha value is -1.74. The largest absolute Gasteiger partial charge is 0.306 e. The molecule has 0 saturated heterocycles. The van der Waals surface area contributed by atoms with Gasteiger partial charge in [0.2, 0.25) is 0 Å². The quantitative estimate of drug-likeness (QED) is 0.854. The van der Waals surface area contributed by atoms with Gasteiger partial charge in [0.05, 0.1) is 0 Å². The maximum Gasteiger partial charge on any atom is 0.163 e. The molecule has 0 radical (unpaired) electrons. The summed E-state index contributed by atoms with van der Waals surface area (Å²) in [5, 5.41) is 3.21. The highest BCUT2D eigenvalue weighted by Gasteiger charge is 2.09. The first-order chi connectivity index (χ1) is 9.61. The second kappa shape index (κ2) is 6.62. The van der Waals surface area contributed by atoms with Gasteiger partial charge in [-0.1, -0.05) is 43.3 Å². The maximum absolute atomic E-state index is 13.5. The average Bonchev–Trinajstić information content (AvgIpc) is 2.48. The van der Waals surface area contributed by atoms with E-state index in [0.29, 0.717) is 12.1 Å². The molecule has 1 N–H and O–H groups in total. The first-order valence-corrected chi connectivity index (χ1v) is 6.87. The summed E-state index contributed by atoms with van der Waals surface area (Å²) in [6.45, 7) is 4.43. The lowest BCUT2D eigenvalue weighted by atomic mass is 10.0. The predicted octanol–water partition coefficient (Wildman–Crippen LogP) is 4.38. The van der Waals surface area contributed by atoms with E-state index in [1.54, 1.807) is 6.07 Å². The zero-order chi connectivity index (χ0) is 14.5. The summed E-state index contributed by atoms with van der Waals surface area (Å²) in [6, 6.07) is 12.7. The van der Waals surface area contributed by atoms with Gasteiger partial charge in [0.15, 0.2) is 11.6 Å². The van der Waals surface area contributed by atoms with Crippen LogP contribution in [0, 0.1) is 11.6 Å². The molecular weight excluding hydrogens is 256 g/mol. The molecule has 0 fully saturated rings. The number of hydrogen-bond donors (Lipinski definition) is 1. The van der Waals surface area contributed by atoms with Crippen LogP contribution >= 0.6 is 0 Å². The van der Waals surface area contributed by atoms with Gasteiger partial charge >= 0.3 is 0 Å². The SMILES string of the molecule is CCc1ccc(C(C)NCc2cccc(F)c2F)cc1. The van der Waals surface area contributed by atoms with Crippen LogP contribution in [0.5, 0.6) is 0 Å². The number of aryl methyl sites for hydroxylation is 1. The Morgan fingerprint density at radius 1 is 1.05 bits per heavy atom. The van der Waals surface area contributed by atoms with E-state index in [4.69, 9.17) is 0 Å². The maximum atomic E-state index is 13.5. The first kappa shape index (κ1) is 14.7. The Labute approximate surface area is 118 Å². The minimum Gasteiger partial charge on any atom is -0.306 e. The molecular formula is C17H19F2N. The van der Waals surface area contributed by atoms with Gasteiger partial charge in [-0.3, -0.25) is 0 Å². The number of nitrogens with one attached hydrogen (secondary N) is 1. The lowest BCUT2D eigenvalue weighted by Gasteiger charge is -2.15. The van der Waals surface area contributed by atoms with Crippen LogP contribution in [0.1, 0.15) is 36.6 Å². The standard InChI is InChI=1S/C17H19F2N/c1-3-13-7-9-14(10-8-13)12(2)20-11-15-5-4-6-16(18)17(15)19/h4-10,12,20H,3,11H2,1-2H3. The summed E-state index contributed by atoms with van der Waals surface area (Å²) < 4.78 is 26.6. The van der Waals surface area contributed by atoms with Crippen molar-refractivity contribution in [2.45, 2.75) is 32.9 Å². The molecule has 2 aromatic rings. The van der Waals surface area contributed by atoms with Gasteiger partial charge in [-0.2, -0.15) is 0 Å². The molecule has 0 bridgehead atoms. The van der Waals surface area contributed by atoms with Crippen LogP contribution < -0.4 is 5.32 Å². The number of hydrogen-bond acceptors (Lipinski definition) is 1. The molecule has 106 valence electrons. The van der Waals surface area contributed by atoms with Gasteiger partial charge in [-0.15, -0.1) is 0 Å². The Morgan fingerprint density at radius 2 is 1.75 bits per heavy atom. The van der Waals surface area contributed by atoms with Crippen molar-refractivity contribution in [1.29, 1.82) is 0 Å². The summed E-state index contributed by atoms with van der Waals surface area (Å²) >= 11 is 0. The highest BCUT2D eigenvalue weighted by Crippen LogP contribution is 2.16. The van der Waals surface area contributed by atoms with Crippen molar-refractivity contribution in [2.75, 3.05) is 0 Å². The van der Waals surface area contributed by atoms with E-state index in [9.17, 15) is 8.78 Å². The average molecular weight is 275 g/mol. The summed E-state index contributed by atoms with van der Waals surface area (Å²) in [7, 11) is 0. The third-order valence-corrected chi connectivity index (χ3v) is 3.52. The number of benzene rings is 2. The Kier molecular flexibility index (Phi) is 4.85. The van der Waals surface area contributed by atoms with Crippen molar-refractivity contribution in [3.63, 3.8) is 0 Å². The second-order valence-corrected chi connectivity index (χ2v) is 4.91. The summed E-state index contributed by atoms with van der Waals surface area (Å²) in [5.41, 5.74) is 2.78. The van der Waals surface area contributed by atoms with Gasteiger partial charge in [-0.25, -0.2) is 8.78 Å². The molecule has 0 spiro atoms. The fourth-order valence-electron chi connectivity index (χ4n) is 2.11. The lowest BCUT2D eigenvalue weighted by Crippen LogP contribution is -2.19. The lowest BCUT2D eigenvalue weighted by molar-refractivity contribution is 0.484. The third-order valence-electron chi connectivity index (χ3n) is 3.52. The van der Waals surface area contributed by atoms with E-state index in [1.807, 2.05) is 6.92 Å². The van der Waals surface area contributed by atoms with Crippen molar-refractivity contribution in [2.24, 2.45) is 0 Å². The summed E-state index contributed by atoms with van der Waals surface area (Å²) in [4.78, 5) is 0. The van der Waals surface area contributed by atoms with E-state index in [0.717, 1.165) is 18.1 Å². The molecule has 1 unspecified atom stereocenters. The van der Waals surface area contributed by atoms with Crippen LogP contribution in [0.4, 0.5) is 8.78 Å². The van der Waals surface area contributed by atoms with Crippen LogP contribution in [0.2, 0.25) is 0 Å². The van der Waals surface area contributed by atoms with Crippen molar-refractivity contribution >= 4 is 0 Å². The van der Waals surface area contributed by atoms with E-state index in [-0.39, 0.29) is 6.04 Å². The highest BCUT2D eigenvalue weighted by atomic mass is 19.2. The molecule has 3 heteroatoms. The van der Waals surface area contributed by atoms with Gasteiger partial charge in [0, 0.05) is 18.2 Å². The van der Waals surface area contributed by atoms with Crippen molar-refractivity contribution < 1.29 is 8.78 Å². The second-order valence-electron chi connectivity index (χ2n) is 4.91. The van der Waals surface area contributed by atoms with Crippen molar-refractivity contribution in [3.8, 4) is 0 Å². The fourth-order valence-corrected chi connectivity index (χ4v) is 2.11. The Morgan fingerprint density at radius 3 is 2.40 bits per heavy atom. The van der Waals surface area contributed by atoms with Crippen LogP contribution in [0.25, 0.3) is 0 Å². The minimum atomic E-state index is -0.802. The molecule has 0 aromatic heterocycles. The molecule has 0 amide bonds. The van der Waals surface area contributed by atoms with Crippen LogP contribution in [-0.4, -0.2) is 0 Å². The van der Waals surface area contributed by atoms with Crippen LogP contribution in [0.3, 0.4) is 0 Å². The molecule has 2 aromatic carbocycles. The van der Waals surface area contributed by atoms with Crippen molar-refractivity contribution in [1.82, 2.24) is 5.32 Å². The molecule has 1 nitrogen and oxygen atoms in total. The molecule has 0 heterocycles. The Bertz CT molecular complexity index is 564. The van der Waals surface area contributed by atoms with Gasteiger partial charge in [0.1, 0.15) is 0 Å².